The highest BCUT2D eigenvalue weighted by Crippen LogP contribution is 2.00. The molecular weight excluding hydrogens is 232 g/mol. The van der Waals surface area contributed by atoms with Crippen molar-refractivity contribution in [3.05, 3.63) is 28.9 Å². The number of nitrogens with zero attached hydrogens (tertiary/aromatic N) is 2. The predicted molar refractivity (Wildman–Crippen MR) is 64.5 cm³/mol. The van der Waals surface area contributed by atoms with Gasteiger partial charge in [0.2, 0.25) is 5.91 Å². The Labute approximate surface area is 103 Å². The Hall–Kier alpha value is -2.52. The van der Waals surface area contributed by atoms with Gasteiger partial charge in [0.1, 0.15) is 0 Å². The first-order chi connectivity index (χ1) is 8.69. The molecule has 1 aromatic carbocycles. The Morgan fingerprint density at radius 2 is 2.11 bits per heavy atom. The van der Waals surface area contributed by atoms with Crippen molar-refractivity contribution in [2.45, 2.75) is 0 Å². The van der Waals surface area contributed by atoms with Crippen molar-refractivity contribution < 1.29 is 9.59 Å². The quantitative estimate of drug-likeness (QED) is 0.536. The van der Waals surface area contributed by atoms with Crippen LogP contribution < -0.4 is 21.3 Å². The van der Waals surface area contributed by atoms with E-state index in [4.69, 9.17) is 6.42 Å². The number of fused-ring (bicyclic) bond motifs is 1. The van der Waals surface area contributed by atoms with E-state index in [1.165, 1.54) is 0 Å². The molecule has 0 aromatic heterocycles. The maximum Gasteiger partial charge on any atom is 0.368 e. The van der Waals surface area contributed by atoms with Gasteiger partial charge >= 0.3 is 6.03 Å². The van der Waals surface area contributed by atoms with Crippen LogP contribution in [0.25, 0.3) is 0 Å². The molecule has 3 amide bonds. The molecule has 1 heterocycles. The second kappa shape index (κ2) is 5.21. The van der Waals surface area contributed by atoms with Gasteiger partial charge in [-0.2, -0.15) is 9.98 Å². The van der Waals surface area contributed by atoms with Crippen molar-refractivity contribution in [1.82, 2.24) is 5.32 Å². The molecule has 0 saturated heterocycles. The molecule has 0 bridgehead atoms. The first-order valence-electron chi connectivity index (χ1n) is 5.24. The van der Waals surface area contributed by atoms with Crippen LogP contribution in [0.4, 0.5) is 10.5 Å². The van der Waals surface area contributed by atoms with Crippen LogP contribution in [0.3, 0.4) is 0 Å². The molecular formula is C12H10N4O2. The zero-order valence-corrected chi connectivity index (χ0v) is 9.43. The van der Waals surface area contributed by atoms with Gasteiger partial charge in [-0.15, -0.1) is 6.42 Å². The number of terminal acetylenes is 1. The molecule has 6 nitrogen and oxygen atoms in total. The topological polar surface area (TPSA) is 82.9 Å². The third kappa shape index (κ3) is 2.78. The van der Waals surface area contributed by atoms with Gasteiger partial charge < -0.3 is 5.32 Å². The Kier molecular flexibility index (Phi) is 3.46. The van der Waals surface area contributed by atoms with E-state index in [0.29, 0.717) is 22.9 Å². The first-order valence-corrected chi connectivity index (χ1v) is 5.24. The highest BCUT2D eigenvalue weighted by molar-refractivity contribution is 5.92. The zero-order chi connectivity index (χ0) is 13.0. The summed E-state index contributed by atoms with van der Waals surface area (Å²) in [6, 6.07) is 4.37. The van der Waals surface area contributed by atoms with E-state index in [0.717, 1.165) is 0 Å². The van der Waals surface area contributed by atoms with E-state index in [1.807, 2.05) is 0 Å². The summed E-state index contributed by atoms with van der Waals surface area (Å²) in [6.07, 6.45) is 5.04. The highest BCUT2D eigenvalue weighted by atomic mass is 16.2. The summed E-state index contributed by atoms with van der Waals surface area (Å²) in [5.74, 6) is 2.15. The van der Waals surface area contributed by atoms with Crippen molar-refractivity contribution in [2.24, 2.45) is 9.98 Å². The number of hydrogen-bond donors (Lipinski definition) is 2. The minimum atomic E-state index is -0.524. The van der Waals surface area contributed by atoms with E-state index in [9.17, 15) is 9.59 Å². The SMILES string of the molecule is C#CCNCC(=O)Nc1ccc2c(c1)=NC(=O)N=2. The van der Waals surface area contributed by atoms with Crippen LogP contribution >= 0.6 is 0 Å². The van der Waals surface area contributed by atoms with Gasteiger partial charge in [0.05, 0.1) is 23.8 Å². The lowest BCUT2D eigenvalue weighted by Gasteiger charge is -2.04. The van der Waals surface area contributed by atoms with Crippen LogP contribution in [-0.2, 0) is 4.79 Å². The van der Waals surface area contributed by atoms with E-state index in [2.05, 4.69) is 26.5 Å². The number of benzene rings is 1. The lowest BCUT2D eigenvalue weighted by atomic mass is 10.3. The number of anilines is 1. The number of hydrogen-bond acceptors (Lipinski definition) is 3. The molecule has 1 aliphatic rings. The molecule has 6 heteroatoms. The van der Waals surface area contributed by atoms with E-state index in [-0.39, 0.29) is 12.5 Å². The lowest BCUT2D eigenvalue weighted by Crippen LogP contribution is -2.29. The molecule has 2 rings (SSSR count). The molecule has 1 aromatic rings. The molecule has 0 spiro atoms. The lowest BCUT2D eigenvalue weighted by molar-refractivity contribution is -0.115. The van der Waals surface area contributed by atoms with Gasteiger partial charge in [-0.1, -0.05) is 5.92 Å². The molecule has 1 aliphatic heterocycles. The molecule has 90 valence electrons. The van der Waals surface area contributed by atoms with Gasteiger partial charge in [-0.25, -0.2) is 4.79 Å². The maximum atomic E-state index is 11.5. The molecule has 0 radical (unpaired) electrons. The fourth-order valence-corrected chi connectivity index (χ4v) is 1.47. The molecule has 0 unspecified atom stereocenters. The molecule has 0 saturated carbocycles. The van der Waals surface area contributed by atoms with Gasteiger partial charge in [-0.3, -0.25) is 10.1 Å². The second-order valence-corrected chi connectivity index (χ2v) is 3.57. The Bertz CT molecular complexity index is 658. The van der Waals surface area contributed by atoms with Crippen molar-refractivity contribution in [1.29, 1.82) is 0 Å². The number of urea groups is 1. The smallest absolute Gasteiger partial charge is 0.325 e. The van der Waals surface area contributed by atoms with Crippen molar-refractivity contribution in [3.8, 4) is 12.3 Å². The number of amides is 3. The largest absolute Gasteiger partial charge is 0.368 e. The molecule has 0 atom stereocenters. The molecule has 18 heavy (non-hydrogen) atoms. The van der Waals surface area contributed by atoms with E-state index < -0.39 is 6.03 Å². The summed E-state index contributed by atoms with van der Waals surface area (Å²) >= 11 is 0. The van der Waals surface area contributed by atoms with Crippen LogP contribution in [0, 0.1) is 12.3 Å². The summed E-state index contributed by atoms with van der Waals surface area (Å²) in [4.78, 5) is 29.8. The molecule has 0 fully saturated rings. The maximum absolute atomic E-state index is 11.5. The summed E-state index contributed by atoms with van der Waals surface area (Å²) in [5, 5.41) is 6.42. The summed E-state index contributed by atoms with van der Waals surface area (Å²) < 4.78 is 0. The number of carbonyl (C=O) groups is 2. The van der Waals surface area contributed by atoms with Crippen LogP contribution in [-0.4, -0.2) is 25.0 Å². The Balaban J connectivity index is 2.05. The minimum Gasteiger partial charge on any atom is -0.325 e. The number of carbonyl (C=O) groups excluding carboxylic acids is 2. The monoisotopic (exact) mass is 242 g/mol. The number of nitrogens with one attached hydrogen (secondary N) is 2. The predicted octanol–water partition coefficient (Wildman–Crippen LogP) is -0.779. The van der Waals surface area contributed by atoms with Gasteiger partial charge in [0, 0.05) is 5.69 Å². The summed E-state index contributed by atoms with van der Waals surface area (Å²) in [7, 11) is 0. The minimum absolute atomic E-state index is 0.127. The number of rotatable bonds is 4. The molecule has 0 aliphatic carbocycles. The zero-order valence-electron chi connectivity index (χ0n) is 9.43. The third-order valence-corrected chi connectivity index (χ3v) is 2.20. The van der Waals surface area contributed by atoms with Gasteiger partial charge in [0.25, 0.3) is 0 Å². The van der Waals surface area contributed by atoms with Crippen molar-refractivity contribution in [2.75, 3.05) is 18.4 Å². The summed E-state index contributed by atoms with van der Waals surface area (Å²) in [6.45, 7) is 0.460. The highest BCUT2D eigenvalue weighted by Gasteiger charge is 2.06. The Morgan fingerprint density at radius 1 is 1.33 bits per heavy atom. The van der Waals surface area contributed by atoms with Crippen LogP contribution in [0.1, 0.15) is 0 Å². The average Bonchev–Trinajstić information content (AvgIpc) is 2.69. The van der Waals surface area contributed by atoms with Crippen LogP contribution in [0.15, 0.2) is 28.2 Å². The van der Waals surface area contributed by atoms with Crippen molar-refractivity contribution in [3.63, 3.8) is 0 Å². The first kappa shape index (κ1) is 12.0. The van der Waals surface area contributed by atoms with E-state index in [1.54, 1.807) is 18.2 Å². The fourth-order valence-electron chi connectivity index (χ4n) is 1.47. The average molecular weight is 242 g/mol. The summed E-state index contributed by atoms with van der Waals surface area (Å²) in [5.41, 5.74) is 0.565. The normalized spacial score (nSPS) is 12.1. The second-order valence-electron chi connectivity index (χ2n) is 3.57. The fraction of sp³-hybridized carbons (Fsp3) is 0.167. The van der Waals surface area contributed by atoms with Gasteiger partial charge in [0.15, 0.2) is 0 Å². The Morgan fingerprint density at radius 3 is 2.89 bits per heavy atom. The van der Waals surface area contributed by atoms with Crippen LogP contribution in [0.2, 0.25) is 0 Å². The van der Waals surface area contributed by atoms with Gasteiger partial charge in [-0.05, 0) is 18.2 Å². The third-order valence-electron chi connectivity index (χ3n) is 2.20. The standard InChI is InChI=1S/C12H10N4O2/c1-2-5-13-7-11(17)14-8-3-4-9-10(6-8)16-12(18)15-9/h1,3-4,6,13H,5,7H2,(H,14,17). The van der Waals surface area contributed by atoms with Crippen molar-refractivity contribution >= 4 is 17.6 Å². The van der Waals surface area contributed by atoms with E-state index >= 15 is 0 Å². The van der Waals surface area contributed by atoms with Crippen LogP contribution in [0.5, 0.6) is 0 Å². The molecule has 2 N–H and O–H groups in total.